The first-order chi connectivity index (χ1) is 10.9. The first-order valence-electron chi connectivity index (χ1n) is 7.64. The minimum absolute atomic E-state index is 0.0384. The summed E-state index contributed by atoms with van der Waals surface area (Å²) in [6.45, 7) is 4.35. The third kappa shape index (κ3) is 3.06. The van der Waals surface area contributed by atoms with Crippen molar-refractivity contribution in [3.8, 4) is 5.75 Å². The van der Waals surface area contributed by atoms with Crippen molar-refractivity contribution in [2.75, 3.05) is 7.11 Å². The largest absolute Gasteiger partial charge is 0.497 e. The molecule has 0 aliphatic heterocycles. The molecule has 1 amide bonds. The summed E-state index contributed by atoms with van der Waals surface area (Å²) in [5.74, 6) is 1.09. The minimum atomic E-state index is -0.0595. The van der Waals surface area contributed by atoms with E-state index in [0.29, 0.717) is 16.5 Å². The van der Waals surface area contributed by atoms with E-state index in [2.05, 4.69) is 31.3 Å². The van der Waals surface area contributed by atoms with Crippen LogP contribution < -0.4 is 10.1 Å². The molecule has 23 heavy (non-hydrogen) atoms. The van der Waals surface area contributed by atoms with Crippen LogP contribution in [-0.4, -0.2) is 19.1 Å². The Morgan fingerprint density at radius 2 is 1.70 bits per heavy atom. The number of amides is 1. The van der Waals surface area contributed by atoms with E-state index in [1.807, 2.05) is 12.1 Å². The molecule has 0 spiro atoms. The lowest BCUT2D eigenvalue weighted by molar-refractivity contribution is 0.0946. The zero-order chi connectivity index (χ0) is 16.6. The molecule has 2 aromatic carbocycles. The Hall–Kier alpha value is -2.00. The summed E-state index contributed by atoms with van der Waals surface area (Å²) in [6, 6.07) is 15.1. The van der Waals surface area contributed by atoms with E-state index in [1.54, 1.807) is 31.4 Å². The molecule has 0 aromatic heterocycles. The van der Waals surface area contributed by atoms with Crippen LogP contribution in [0.2, 0.25) is 5.02 Å². The zero-order valence-corrected chi connectivity index (χ0v) is 14.2. The third-order valence-electron chi connectivity index (χ3n) is 4.70. The van der Waals surface area contributed by atoms with Gasteiger partial charge in [-0.25, -0.2) is 0 Å². The molecule has 1 saturated carbocycles. The Morgan fingerprint density at radius 1 is 1.09 bits per heavy atom. The maximum atomic E-state index is 12.4. The van der Waals surface area contributed by atoms with Gasteiger partial charge in [0.2, 0.25) is 0 Å². The van der Waals surface area contributed by atoms with E-state index < -0.39 is 0 Å². The second-order valence-corrected chi connectivity index (χ2v) is 6.97. The maximum Gasteiger partial charge on any atom is 0.251 e. The molecular weight excluding hydrogens is 310 g/mol. The Kier molecular flexibility index (Phi) is 4.07. The summed E-state index contributed by atoms with van der Waals surface area (Å²) in [7, 11) is 1.66. The molecule has 0 heterocycles. The molecule has 1 N–H and O–H groups in total. The van der Waals surface area contributed by atoms with Gasteiger partial charge >= 0.3 is 0 Å². The van der Waals surface area contributed by atoms with Crippen molar-refractivity contribution < 1.29 is 9.53 Å². The van der Waals surface area contributed by atoms with E-state index in [4.69, 9.17) is 16.3 Å². The molecule has 1 aliphatic carbocycles. The Labute approximate surface area is 141 Å². The van der Waals surface area contributed by atoms with Crippen LogP contribution in [0.5, 0.6) is 5.75 Å². The highest BCUT2D eigenvalue weighted by Crippen LogP contribution is 2.58. The monoisotopic (exact) mass is 329 g/mol. The van der Waals surface area contributed by atoms with Crippen LogP contribution in [0.15, 0.2) is 48.5 Å². The van der Waals surface area contributed by atoms with Gasteiger partial charge in [0.25, 0.3) is 5.91 Å². The topological polar surface area (TPSA) is 38.3 Å². The van der Waals surface area contributed by atoms with Crippen LogP contribution in [-0.2, 0) is 0 Å². The van der Waals surface area contributed by atoms with Crippen molar-refractivity contribution in [1.29, 1.82) is 0 Å². The van der Waals surface area contributed by atoms with Crippen LogP contribution in [0.25, 0.3) is 0 Å². The summed E-state index contributed by atoms with van der Waals surface area (Å²) in [5.41, 5.74) is 1.89. The number of rotatable bonds is 4. The maximum absolute atomic E-state index is 12.4. The van der Waals surface area contributed by atoms with Crippen LogP contribution in [0.4, 0.5) is 0 Å². The summed E-state index contributed by atoms with van der Waals surface area (Å²) in [6.07, 6.45) is 0. The zero-order valence-electron chi connectivity index (χ0n) is 13.5. The second kappa shape index (κ2) is 5.89. The van der Waals surface area contributed by atoms with E-state index in [0.717, 1.165) is 5.75 Å². The lowest BCUT2D eigenvalue weighted by Crippen LogP contribution is -2.28. The molecule has 2 aromatic rings. The number of carbonyl (C=O) groups is 1. The van der Waals surface area contributed by atoms with Gasteiger partial charge in [-0.15, -0.1) is 0 Å². The number of nitrogens with one attached hydrogen (secondary N) is 1. The smallest absolute Gasteiger partial charge is 0.251 e. The van der Waals surface area contributed by atoms with Gasteiger partial charge < -0.3 is 10.1 Å². The van der Waals surface area contributed by atoms with Crippen LogP contribution >= 0.6 is 11.6 Å². The average Bonchev–Trinajstić information content (AvgIpc) is 3.08. The van der Waals surface area contributed by atoms with E-state index in [-0.39, 0.29) is 17.4 Å². The van der Waals surface area contributed by atoms with Crippen LogP contribution in [0, 0.1) is 5.41 Å². The van der Waals surface area contributed by atoms with E-state index >= 15 is 0 Å². The molecule has 1 aliphatic rings. The van der Waals surface area contributed by atoms with Crippen LogP contribution in [0.1, 0.15) is 35.7 Å². The van der Waals surface area contributed by atoms with E-state index in [1.165, 1.54) is 5.56 Å². The number of methoxy groups -OCH3 is 1. The quantitative estimate of drug-likeness (QED) is 0.909. The SMILES string of the molecule is COc1ccc(C2C(NC(=O)c3ccc(Cl)cc3)C2(C)C)cc1. The van der Waals surface area contributed by atoms with Gasteiger partial charge in [0.05, 0.1) is 7.11 Å². The van der Waals surface area contributed by atoms with Gasteiger partial charge in [0.1, 0.15) is 5.75 Å². The predicted octanol–water partition coefficient (Wildman–Crippen LogP) is 4.27. The summed E-state index contributed by atoms with van der Waals surface area (Å²) in [4.78, 5) is 12.4. The fraction of sp³-hybridized carbons (Fsp3) is 0.316. The predicted molar refractivity (Wildman–Crippen MR) is 92.2 cm³/mol. The van der Waals surface area contributed by atoms with Gasteiger partial charge in [-0.3, -0.25) is 4.79 Å². The third-order valence-corrected chi connectivity index (χ3v) is 4.95. The lowest BCUT2D eigenvalue weighted by atomic mass is 10.0. The molecule has 0 radical (unpaired) electrons. The molecule has 3 nitrogen and oxygen atoms in total. The Morgan fingerprint density at radius 3 is 2.26 bits per heavy atom. The van der Waals surface area contributed by atoms with Crippen molar-refractivity contribution in [3.05, 3.63) is 64.7 Å². The summed E-state index contributed by atoms with van der Waals surface area (Å²) < 4.78 is 5.20. The Balaban J connectivity index is 1.72. The minimum Gasteiger partial charge on any atom is -0.497 e. The van der Waals surface area contributed by atoms with Gasteiger partial charge in [-0.05, 0) is 47.4 Å². The summed E-state index contributed by atoms with van der Waals surface area (Å²) in [5, 5.41) is 3.77. The number of benzene rings is 2. The molecule has 2 unspecified atom stereocenters. The van der Waals surface area contributed by atoms with Crippen molar-refractivity contribution in [2.45, 2.75) is 25.8 Å². The number of hydrogen-bond acceptors (Lipinski definition) is 2. The standard InChI is InChI=1S/C19H20ClNO2/c1-19(2)16(12-6-10-15(23-3)11-7-12)17(19)21-18(22)13-4-8-14(20)9-5-13/h4-11,16-17H,1-3H3,(H,21,22). The van der Waals surface area contributed by atoms with Gasteiger partial charge in [-0.1, -0.05) is 37.6 Å². The molecule has 120 valence electrons. The number of ether oxygens (including phenoxy) is 1. The van der Waals surface area contributed by atoms with E-state index in [9.17, 15) is 4.79 Å². The van der Waals surface area contributed by atoms with Crippen molar-refractivity contribution in [2.24, 2.45) is 5.41 Å². The van der Waals surface area contributed by atoms with Crippen molar-refractivity contribution in [1.82, 2.24) is 5.32 Å². The molecule has 0 saturated heterocycles. The molecule has 0 bridgehead atoms. The lowest BCUT2D eigenvalue weighted by Gasteiger charge is -2.06. The highest BCUT2D eigenvalue weighted by molar-refractivity contribution is 6.30. The first kappa shape index (κ1) is 15.9. The molecule has 4 heteroatoms. The van der Waals surface area contributed by atoms with Gasteiger partial charge in [-0.2, -0.15) is 0 Å². The molecular formula is C19H20ClNO2. The number of halogens is 1. The Bertz CT molecular complexity index is 707. The van der Waals surface area contributed by atoms with Gasteiger partial charge in [0.15, 0.2) is 0 Å². The van der Waals surface area contributed by atoms with Crippen LogP contribution in [0.3, 0.4) is 0 Å². The average molecular weight is 330 g/mol. The fourth-order valence-corrected chi connectivity index (χ4v) is 3.29. The van der Waals surface area contributed by atoms with Gasteiger partial charge in [0, 0.05) is 22.5 Å². The normalized spacial score (nSPS) is 21.6. The highest BCUT2D eigenvalue weighted by atomic mass is 35.5. The molecule has 1 fully saturated rings. The second-order valence-electron chi connectivity index (χ2n) is 6.53. The molecule has 2 atom stereocenters. The van der Waals surface area contributed by atoms with Crippen molar-refractivity contribution in [3.63, 3.8) is 0 Å². The van der Waals surface area contributed by atoms with Crippen molar-refractivity contribution >= 4 is 17.5 Å². The highest BCUT2D eigenvalue weighted by Gasteiger charge is 2.59. The first-order valence-corrected chi connectivity index (χ1v) is 8.01. The number of carbonyl (C=O) groups excluding carboxylic acids is 1. The number of hydrogen-bond donors (Lipinski definition) is 1. The fourth-order valence-electron chi connectivity index (χ4n) is 3.17. The molecule has 3 rings (SSSR count). The summed E-state index contributed by atoms with van der Waals surface area (Å²) >= 11 is 5.87.